The molecule has 9 heteroatoms. The van der Waals surface area contributed by atoms with Gasteiger partial charge in [0.05, 0.1) is 4.47 Å². The number of pyridine rings is 1. The predicted octanol–water partition coefficient (Wildman–Crippen LogP) is 2.97. The average molecular weight is 453 g/mol. The highest BCUT2D eigenvalue weighted by Gasteiger charge is 2.30. The summed E-state index contributed by atoms with van der Waals surface area (Å²) in [6, 6.07) is 8.44. The van der Waals surface area contributed by atoms with Crippen molar-refractivity contribution in [3.63, 3.8) is 0 Å². The third-order valence-electron chi connectivity index (χ3n) is 4.75. The minimum atomic E-state index is -3.58. The van der Waals surface area contributed by atoms with E-state index in [-0.39, 0.29) is 10.7 Å². The second kappa shape index (κ2) is 7.31. The average Bonchev–Trinajstić information content (AvgIpc) is 3.10. The second-order valence-corrected chi connectivity index (χ2v) is 9.24. The van der Waals surface area contributed by atoms with Gasteiger partial charge in [-0.1, -0.05) is 6.07 Å². The maximum atomic E-state index is 13.4. The van der Waals surface area contributed by atoms with Gasteiger partial charge in [0, 0.05) is 50.5 Å². The van der Waals surface area contributed by atoms with Crippen LogP contribution in [0.3, 0.4) is 0 Å². The van der Waals surface area contributed by atoms with Gasteiger partial charge in [-0.25, -0.2) is 17.8 Å². The lowest BCUT2D eigenvalue weighted by Crippen LogP contribution is -2.48. The lowest BCUT2D eigenvalue weighted by Gasteiger charge is -2.33. The Balaban J connectivity index is 1.46. The van der Waals surface area contributed by atoms with Crippen LogP contribution in [0.5, 0.6) is 0 Å². The maximum absolute atomic E-state index is 13.4. The zero-order valence-electron chi connectivity index (χ0n) is 14.4. The molecule has 1 fully saturated rings. The van der Waals surface area contributed by atoms with E-state index >= 15 is 0 Å². The molecule has 27 heavy (non-hydrogen) atoms. The van der Waals surface area contributed by atoms with Crippen molar-refractivity contribution in [1.29, 1.82) is 0 Å². The number of hydrogen-bond acceptors (Lipinski definition) is 4. The molecule has 2 aromatic heterocycles. The fourth-order valence-corrected chi connectivity index (χ4v) is 5.31. The molecule has 142 valence electrons. The molecule has 0 radical (unpaired) electrons. The molecule has 1 N–H and O–H groups in total. The third kappa shape index (κ3) is 3.64. The Morgan fingerprint density at radius 2 is 1.96 bits per heavy atom. The van der Waals surface area contributed by atoms with E-state index in [1.807, 2.05) is 0 Å². The van der Waals surface area contributed by atoms with E-state index in [1.54, 1.807) is 30.5 Å². The first-order valence-electron chi connectivity index (χ1n) is 8.54. The Bertz CT molecular complexity index is 1080. The van der Waals surface area contributed by atoms with Crippen LogP contribution < -0.4 is 0 Å². The summed E-state index contributed by atoms with van der Waals surface area (Å²) in [5.41, 5.74) is 1.55. The van der Waals surface area contributed by atoms with E-state index in [0.29, 0.717) is 48.2 Å². The summed E-state index contributed by atoms with van der Waals surface area (Å²) in [6.45, 7) is 2.72. The van der Waals surface area contributed by atoms with Gasteiger partial charge >= 0.3 is 0 Å². The maximum Gasteiger partial charge on any atom is 0.245 e. The molecule has 0 spiro atoms. The molecule has 0 aliphatic carbocycles. The third-order valence-corrected chi connectivity index (χ3v) is 7.30. The van der Waals surface area contributed by atoms with Gasteiger partial charge in [-0.2, -0.15) is 4.31 Å². The molecule has 6 nitrogen and oxygen atoms in total. The van der Waals surface area contributed by atoms with Crippen molar-refractivity contribution in [1.82, 2.24) is 19.2 Å². The van der Waals surface area contributed by atoms with Crippen molar-refractivity contribution in [2.45, 2.75) is 11.4 Å². The number of nitrogens with one attached hydrogen (secondary N) is 1. The lowest BCUT2D eigenvalue weighted by molar-refractivity contribution is 0.181. The van der Waals surface area contributed by atoms with E-state index in [4.69, 9.17) is 0 Å². The molecule has 1 aliphatic heterocycles. The molecule has 1 aliphatic rings. The standard InChI is InChI=1S/C18H18BrFN4O2S/c19-15-10-13(3-4-16(15)20)12-23-6-8-24(9-7-23)27(25,26)17-11-22-18-14(17)2-1-5-21-18/h1-5,10-11H,6-9,12H2,(H,21,22). The number of piperazine rings is 1. The minimum absolute atomic E-state index is 0.265. The van der Waals surface area contributed by atoms with Crippen molar-refractivity contribution < 1.29 is 12.8 Å². The van der Waals surface area contributed by atoms with Crippen LogP contribution in [0.2, 0.25) is 0 Å². The number of sulfonamides is 1. The quantitative estimate of drug-likeness (QED) is 0.660. The first-order chi connectivity index (χ1) is 12.9. The molecular formula is C18H18BrFN4O2S. The highest BCUT2D eigenvalue weighted by Crippen LogP contribution is 2.25. The molecular weight excluding hydrogens is 435 g/mol. The van der Waals surface area contributed by atoms with Gasteiger partial charge in [-0.15, -0.1) is 0 Å². The van der Waals surface area contributed by atoms with Crippen LogP contribution in [0.1, 0.15) is 5.56 Å². The zero-order chi connectivity index (χ0) is 19.0. The van der Waals surface area contributed by atoms with Gasteiger partial charge < -0.3 is 4.98 Å². The number of hydrogen-bond donors (Lipinski definition) is 1. The van der Waals surface area contributed by atoms with Crippen LogP contribution in [-0.4, -0.2) is 53.8 Å². The van der Waals surface area contributed by atoms with Crippen molar-refractivity contribution in [3.8, 4) is 0 Å². The molecule has 3 aromatic rings. The van der Waals surface area contributed by atoms with Crippen molar-refractivity contribution in [2.75, 3.05) is 26.2 Å². The summed E-state index contributed by atoms with van der Waals surface area (Å²) in [5.74, 6) is -0.289. The van der Waals surface area contributed by atoms with Gasteiger partial charge in [-0.3, -0.25) is 4.90 Å². The van der Waals surface area contributed by atoms with Gasteiger partial charge in [0.2, 0.25) is 10.0 Å². The Morgan fingerprint density at radius 1 is 1.19 bits per heavy atom. The number of rotatable bonds is 4. The first kappa shape index (κ1) is 18.5. The minimum Gasteiger partial charge on any atom is -0.345 e. The number of nitrogens with zero attached hydrogens (tertiary/aromatic N) is 3. The topological polar surface area (TPSA) is 69.3 Å². The molecule has 1 saturated heterocycles. The molecule has 0 unspecified atom stereocenters. The van der Waals surface area contributed by atoms with Crippen LogP contribution in [0.15, 0.2) is 52.1 Å². The Kier molecular flexibility index (Phi) is 5.02. The summed E-state index contributed by atoms with van der Waals surface area (Å²) < 4.78 is 41.4. The number of aromatic nitrogens is 2. The Morgan fingerprint density at radius 3 is 2.70 bits per heavy atom. The van der Waals surface area contributed by atoms with Crippen molar-refractivity contribution in [2.24, 2.45) is 0 Å². The number of benzene rings is 1. The fraction of sp³-hybridized carbons (Fsp3) is 0.278. The summed E-state index contributed by atoms with van der Waals surface area (Å²) in [5, 5.41) is 0.607. The van der Waals surface area contributed by atoms with E-state index in [9.17, 15) is 12.8 Å². The number of halogens is 2. The SMILES string of the molecule is O=S(=O)(c1c[nH]c2ncccc12)N1CCN(Cc2ccc(F)c(Br)c2)CC1. The summed E-state index contributed by atoms with van der Waals surface area (Å²) in [7, 11) is -3.58. The molecule has 4 rings (SSSR count). The number of aromatic amines is 1. The largest absolute Gasteiger partial charge is 0.345 e. The first-order valence-corrected chi connectivity index (χ1v) is 10.8. The molecule has 0 atom stereocenters. The van der Waals surface area contributed by atoms with Gasteiger partial charge in [0.25, 0.3) is 0 Å². The van der Waals surface area contributed by atoms with E-state index in [0.717, 1.165) is 5.56 Å². The summed E-state index contributed by atoms with van der Waals surface area (Å²) in [6.07, 6.45) is 3.14. The normalized spacial score (nSPS) is 16.8. The smallest absolute Gasteiger partial charge is 0.245 e. The number of fused-ring (bicyclic) bond motifs is 1. The Labute approximate surface area is 165 Å². The van der Waals surface area contributed by atoms with E-state index in [2.05, 4.69) is 30.8 Å². The molecule has 1 aromatic carbocycles. The van der Waals surface area contributed by atoms with Crippen LogP contribution in [0.25, 0.3) is 11.0 Å². The number of H-pyrrole nitrogens is 1. The van der Waals surface area contributed by atoms with Crippen LogP contribution in [0, 0.1) is 5.82 Å². The molecule has 0 amide bonds. The lowest BCUT2D eigenvalue weighted by atomic mass is 10.2. The van der Waals surface area contributed by atoms with Crippen molar-refractivity contribution in [3.05, 3.63) is 58.6 Å². The van der Waals surface area contributed by atoms with Crippen LogP contribution >= 0.6 is 15.9 Å². The van der Waals surface area contributed by atoms with E-state index in [1.165, 1.54) is 16.6 Å². The van der Waals surface area contributed by atoms with Gasteiger partial charge in [0.1, 0.15) is 16.4 Å². The second-order valence-electron chi connectivity index (χ2n) is 6.48. The Hall–Kier alpha value is -1.81. The predicted molar refractivity (Wildman–Crippen MR) is 104 cm³/mol. The molecule has 3 heterocycles. The van der Waals surface area contributed by atoms with E-state index < -0.39 is 10.0 Å². The van der Waals surface area contributed by atoms with Crippen LogP contribution in [0.4, 0.5) is 4.39 Å². The molecule has 0 saturated carbocycles. The van der Waals surface area contributed by atoms with Gasteiger partial charge in [0.15, 0.2) is 0 Å². The zero-order valence-corrected chi connectivity index (χ0v) is 16.8. The van der Waals surface area contributed by atoms with Crippen molar-refractivity contribution >= 4 is 37.0 Å². The molecule has 0 bridgehead atoms. The fourth-order valence-electron chi connectivity index (χ4n) is 3.31. The van der Waals surface area contributed by atoms with Crippen LogP contribution in [-0.2, 0) is 16.6 Å². The monoisotopic (exact) mass is 452 g/mol. The summed E-state index contributed by atoms with van der Waals surface area (Å²) in [4.78, 5) is 9.51. The van der Waals surface area contributed by atoms with Gasteiger partial charge in [-0.05, 0) is 45.8 Å². The summed E-state index contributed by atoms with van der Waals surface area (Å²) >= 11 is 3.20. The highest BCUT2D eigenvalue weighted by molar-refractivity contribution is 9.10. The highest BCUT2D eigenvalue weighted by atomic mass is 79.9.